The van der Waals surface area contributed by atoms with Gasteiger partial charge in [-0.1, -0.05) is 0 Å². The maximum Gasteiger partial charge on any atom is 0.157 e. The summed E-state index contributed by atoms with van der Waals surface area (Å²) in [5.74, 6) is 0.935. The molecule has 1 aromatic heterocycles. The van der Waals surface area contributed by atoms with E-state index in [1.807, 2.05) is 18.5 Å². The van der Waals surface area contributed by atoms with Crippen molar-refractivity contribution in [2.75, 3.05) is 13.1 Å². The van der Waals surface area contributed by atoms with Gasteiger partial charge in [0.05, 0.1) is 18.4 Å². The van der Waals surface area contributed by atoms with Crippen LogP contribution in [-0.2, 0) is 11.2 Å². The Bertz CT molecular complexity index is 375. The maximum absolute atomic E-state index is 5.95. The summed E-state index contributed by atoms with van der Waals surface area (Å²) in [6, 6.07) is 2.04. The molecule has 92 valence electrons. The lowest BCUT2D eigenvalue weighted by atomic mass is 10.1. The molecule has 3 atom stereocenters. The van der Waals surface area contributed by atoms with E-state index in [9.17, 15) is 0 Å². The van der Waals surface area contributed by atoms with E-state index < -0.39 is 0 Å². The molecule has 1 unspecified atom stereocenters. The molecule has 1 saturated heterocycles. The Balaban J connectivity index is 1.72. The van der Waals surface area contributed by atoms with E-state index in [4.69, 9.17) is 9.47 Å². The van der Waals surface area contributed by atoms with Crippen molar-refractivity contribution >= 4 is 0 Å². The molecule has 17 heavy (non-hydrogen) atoms. The molecule has 2 aliphatic rings. The van der Waals surface area contributed by atoms with Gasteiger partial charge < -0.3 is 9.47 Å². The lowest BCUT2D eigenvalue weighted by Gasteiger charge is -2.38. The van der Waals surface area contributed by atoms with Gasteiger partial charge in [0.2, 0.25) is 0 Å². The number of hydrogen-bond donors (Lipinski definition) is 0. The van der Waals surface area contributed by atoms with Crippen LogP contribution in [0.5, 0.6) is 5.75 Å². The minimum absolute atomic E-state index is 0.156. The first kappa shape index (κ1) is 11.0. The average molecular weight is 234 g/mol. The highest BCUT2D eigenvalue weighted by molar-refractivity contribution is 5.34. The van der Waals surface area contributed by atoms with Crippen LogP contribution >= 0.6 is 0 Å². The number of aromatic nitrogens is 1. The van der Waals surface area contributed by atoms with Gasteiger partial charge in [0.25, 0.3) is 0 Å². The van der Waals surface area contributed by atoms with Crippen LogP contribution in [0.2, 0.25) is 0 Å². The number of rotatable bonds is 1. The largest absolute Gasteiger partial charge is 0.473 e. The minimum Gasteiger partial charge on any atom is -0.473 e. The summed E-state index contributed by atoms with van der Waals surface area (Å²) >= 11 is 0. The first-order chi connectivity index (χ1) is 8.22. The summed E-state index contributed by atoms with van der Waals surface area (Å²) in [6.07, 6.45) is 5.31. The third-order valence-corrected chi connectivity index (χ3v) is 3.38. The predicted octanol–water partition coefficient (Wildman–Crippen LogP) is 1.45. The van der Waals surface area contributed by atoms with E-state index in [-0.39, 0.29) is 18.4 Å². The van der Waals surface area contributed by atoms with E-state index in [1.165, 1.54) is 5.56 Å². The summed E-state index contributed by atoms with van der Waals surface area (Å²) in [5.41, 5.74) is 1.26. The Labute approximate surface area is 102 Å². The molecule has 3 rings (SSSR count). The molecule has 0 saturated carbocycles. The fraction of sp³-hybridized carbons (Fsp3) is 0.615. The van der Waals surface area contributed by atoms with Gasteiger partial charge in [0, 0.05) is 31.3 Å². The van der Waals surface area contributed by atoms with Crippen molar-refractivity contribution in [3.63, 3.8) is 0 Å². The Kier molecular flexibility index (Phi) is 2.76. The summed E-state index contributed by atoms with van der Waals surface area (Å²) < 4.78 is 11.7. The minimum atomic E-state index is 0.156. The molecule has 0 aromatic carbocycles. The van der Waals surface area contributed by atoms with Crippen molar-refractivity contribution in [1.82, 2.24) is 9.88 Å². The molecule has 0 amide bonds. The molecule has 4 heteroatoms. The smallest absolute Gasteiger partial charge is 0.157 e. The summed E-state index contributed by atoms with van der Waals surface area (Å²) in [7, 11) is 0. The van der Waals surface area contributed by atoms with Crippen molar-refractivity contribution in [3.05, 3.63) is 24.0 Å². The highest BCUT2D eigenvalue weighted by atomic mass is 16.5. The quantitative estimate of drug-likeness (QED) is 0.736. The van der Waals surface area contributed by atoms with Crippen LogP contribution in [0.25, 0.3) is 0 Å². The molecule has 0 radical (unpaired) electrons. The number of morpholine rings is 1. The predicted molar refractivity (Wildman–Crippen MR) is 63.9 cm³/mol. The van der Waals surface area contributed by atoms with E-state index in [0.29, 0.717) is 0 Å². The van der Waals surface area contributed by atoms with Crippen molar-refractivity contribution in [1.29, 1.82) is 0 Å². The Morgan fingerprint density at radius 3 is 2.76 bits per heavy atom. The van der Waals surface area contributed by atoms with E-state index in [2.05, 4.69) is 23.7 Å². The van der Waals surface area contributed by atoms with Gasteiger partial charge in [-0.25, -0.2) is 0 Å². The van der Waals surface area contributed by atoms with Gasteiger partial charge in [-0.05, 0) is 19.9 Å². The molecular formula is C13H18N2O2. The molecule has 1 fully saturated rings. The molecule has 0 bridgehead atoms. The summed E-state index contributed by atoms with van der Waals surface area (Å²) in [4.78, 5) is 6.47. The Morgan fingerprint density at radius 1 is 1.29 bits per heavy atom. The van der Waals surface area contributed by atoms with E-state index in [1.54, 1.807) is 0 Å². The van der Waals surface area contributed by atoms with E-state index >= 15 is 0 Å². The van der Waals surface area contributed by atoms with Gasteiger partial charge in [-0.15, -0.1) is 0 Å². The van der Waals surface area contributed by atoms with Crippen LogP contribution in [-0.4, -0.2) is 41.4 Å². The van der Waals surface area contributed by atoms with Gasteiger partial charge in [0.1, 0.15) is 5.75 Å². The van der Waals surface area contributed by atoms with Crippen molar-refractivity contribution < 1.29 is 9.47 Å². The van der Waals surface area contributed by atoms with Crippen LogP contribution in [0.3, 0.4) is 0 Å². The fourth-order valence-electron chi connectivity index (χ4n) is 2.72. The van der Waals surface area contributed by atoms with Crippen LogP contribution in [0, 0.1) is 0 Å². The Hall–Kier alpha value is -1.13. The lowest BCUT2D eigenvalue weighted by molar-refractivity contribution is -0.107. The van der Waals surface area contributed by atoms with Crippen molar-refractivity contribution in [2.45, 2.75) is 38.7 Å². The number of nitrogens with zero attached hydrogens (tertiary/aromatic N) is 2. The number of hydrogen-bond acceptors (Lipinski definition) is 4. The third kappa shape index (κ3) is 2.15. The SMILES string of the molecule is C[C@@H]1CN(C2Cc3ccncc3O2)C[C@H](C)O1. The van der Waals surface area contributed by atoms with Crippen LogP contribution in [0.4, 0.5) is 0 Å². The molecule has 0 spiro atoms. The second-order valence-corrected chi connectivity index (χ2v) is 4.97. The average Bonchev–Trinajstić information content (AvgIpc) is 2.71. The molecule has 1 aromatic rings. The second kappa shape index (κ2) is 4.27. The number of ether oxygens (including phenoxy) is 2. The zero-order valence-corrected chi connectivity index (χ0v) is 10.3. The molecule has 3 heterocycles. The first-order valence-electron chi connectivity index (χ1n) is 6.21. The molecule has 4 nitrogen and oxygen atoms in total. The topological polar surface area (TPSA) is 34.6 Å². The lowest BCUT2D eigenvalue weighted by Crippen LogP contribution is -2.51. The first-order valence-corrected chi connectivity index (χ1v) is 6.21. The second-order valence-electron chi connectivity index (χ2n) is 4.97. The van der Waals surface area contributed by atoms with Crippen LogP contribution in [0.15, 0.2) is 18.5 Å². The molecule has 0 aliphatic carbocycles. The van der Waals surface area contributed by atoms with Gasteiger partial charge in [-0.3, -0.25) is 9.88 Å². The van der Waals surface area contributed by atoms with Crippen LogP contribution < -0.4 is 4.74 Å². The van der Waals surface area contributed by atoms with Gasteiger partial charge in [0.15, 0.2) is 6.23 Å². The van der Waals surface area contributed by atoms with Crippen molar-refractivity contribution in [2.24, 2.45) is 0 Å². The van der Waals surface area contributed by atoms with Crippen molar-refractivity contribution in [3.8, 4) is 5.75 Å². The Morgan fingerprint density at radius 2 is 2.06 bits per heavy atom. The third-order valence-electron chi connectivity index (χ3n) is 3.38. The molecular weight excluding hydrogens is 216 g/mol. The standard InChI is InChI=1S/C13H18N2O2/c1-9-7-15(8-10(2)16-9)13-5-11-3-4-14-6-12(11)17-13/h3-4,6,9-10,13H,5,7-8H2,1-2H3/t9-,10+,13?. The molecule has 0 N–H and O–H groups in total. The molecule has 2 aliphatic heterocycles. The number of fused-ring (bicyclic) bond motifs is 1. The normalized spacial score (nSPS) is 33.2. The summed E-state index contributed by atoms with van der Waals surface area (Å²) in [6.45, 7) is 6.12. The monoisotopic (exact) mass is 234 g/mol. The van der Waals surface area contributed by atoms with Crippen LogP contribution in [0.1, 0.15) is 19.4 Å². The highest BCUT2D eigenvalue weighted by Gasteiger charge is 2.33. The maximum atomic E-state index is 5.95. The van der Waals surface area contributed by atoms with Gasteiger partial charge in [-0.2, -0.15) is 0 Å². The zero-order chi connectivity index (χ0) is 11.8. The fourth-order valence-corrected chi connectivity index (χ4v) is 2.72. The summed E-state index contributed by atoms with van der Waals surface area (Å²) in [5, 5.41) is 0. The number of pyridine rings is 1. The highest BCUT2D eigenvalue weighted by Crippen LogP contribution is 2.30. The van der Waals surface area contributed by atoms with E-state index in [0.717, 1.165) is 25.3 Å². The zero-order valence-electron chi connectivity index (χ0n) is 10.3. The van der Waals surface area contributed by atoms with Gasteiger partial charge >= 0.3 is 0 Å².